The summed E-state index contributed by atoms with van der Waals surface area (Å²) in [5.41, 5.74) is 2.15. The molecule has 1 aromatic rings. The molecule has 0 aliphatic carbocycles. The summed E-state index contributed by atoms with van der Waals surface area (Å²) in [6.07, 6.45) is 1.82. The van der Waals surface area contributed by atoms with Crippen LogP contribution in [0, 0.1) is 12.8 Å². The molecule has 1 heterocycles. The lowest BCUT2D eigenvalue weighted by Gasteiger charge is -2.21. The molecule has 0 fully saturated rings. The Morgan fingerprint density at radius 2 is 2.05 bits per heavy atom. The van der Waals surface area contributed by atoms with Gasteiger partial charge in [-0.15, -0.1) is 0 Å². The minimum absolute atomic E-state index is 0.460. The second kappa shape index (κ2) is 6.64. The molecule has 0 saturated carbocycles. The van der Waals surface area contributed by atoms with Gasteiger partial charge in [0.2, 0.25) is 6.41 Å². The molecule has 1 amide bonds. The Hall–Kier alpha value is -1.71. The van der Waals surface area contributed by atoms with Gasteiger partial charge in [-0.05, 0) is 30.0 Å². The van der Waals surface area contributed by atoms with Crippen LogP contribution in [0.2, 0.25) is 0 Å². The number of hydrogen-bond donors (Lipinski definition) is 0. The third-order valence-electron chi connectivity index (χ3n) is 3.23. The number of rotatable bonds is 5. The van der Waals surface area contributed by atoms with Crippen molar-refractivity contribution in [3.63, 3.8) is 0 Å². The molecule has 0 bridgehead atoms. The molecule has 0 unspecified atom stereocenters. The molecule has 1 aromatic carbocycles. The number of aryl methyl sites for hydroxylation is 1. The lowest BCUT2D eigenvalue weighted by atomic mass is 10.1. The maximum Gasteiger partial charge on any atom is 0.210 e. The fraction of sp³-hybridized carbons (Fsp3) is 0.562. The second-order valence-corrected chi connectivity index (χ2v) is 5.72. The summed E-state index contributed by atoms with van der Waals surface area (Å²) in [6, 6.07) is 4.06. The van der Waals surface area contributed by atoms with Crippen molar-refractivity contribution in [3.8, 4) is 11.5 Å². The van der Waals surface area contributed by atoms with Crippen molar-refractivity contribution < 1.29 is 14.3 Å². The molecule has 0 spiro atoms. The number of nitrogens with zero attached hydrogens (tertiary/aromatic N) is 1. The van der Waals surface area contributed by atoms with Gasteiger partial charge in [0.05, 0.1) is 13.2 Å². The summed E-state index contributed by atoms with van der Waals surface area (Å²) in [7, 11) is 0. The quantitative estimate of drug-likeness (QED) is 0.777. The first-order valence-corrected chi connectivity index (χ1v) is 7.18. The summed E-state index contributed by atoms with van der Waals surface area (Å²) >= 11 is 0. The zero-order valence-corrected chi connectivity index (χ0v) is 12.5. The van der Waals surface area contributed by atoms with E-state index in [1.54, 1.807) is 4.90 Å². The average Bonchev–Trinajstić information content (AvgIpc) is 2.63. The minimum Gasteiger partial charge on any atom is -0.490 e. The maximum atomic E-state index is 11.1. The van der Waals surface area contributed by atoms with Crippen LogP contribution in [0.1, 0.15) is 31.4 Å². The second-order valence-electron chi connectivity index (χ2n) is 5.72. The highest BCUT2D eigenvalue weighted by molar-refractivity contribution is 5.51. The number of benzene rings is 1. The van der Waals surface area contributed by atoms with Gasteiger partial charge in [-0.2, -0.15) is 0 Å². The Morgan fingerprint density at radius 1 is 1.30 bits per heavy atom. The highest BCUT2D eigenvalue weighted by atomic mass is 16.5. The molecule has 20 heavy (non-hydrogen) atoms. The molecule has 0 radical (unpaired) electrons. The third kappa shape index (κ3) is 3.65. The van der Waals surface area contributed by atoms with Crippen LogP contribution in [0.3, 0.4) is 0 Å². The van der Waals surface area contributed by atoms with Crippen molar-refractivity contribution in [1.82, 2.24) is 4.90 Å². The first kappa shape index (κ1) is 14.7. The van der Waals surface area contributed by atoms with Crippen molar-refractivity contribution >= 4 is 6.41 Å². The zero-order valence-electron chi connectivity index (χ0n) is 12.5. The predicted octanol–water partition coefficient (Wildman–Crippen LogP) is 2.77. The van der Waals surface area contributed by atoms with Crippen molar-refractivity contribution in [2.75, 3.05) is 19.8 Å². The predicted molar refractivity (Wildman–Crippen MR) is 78.1 cm³/mol. The summed E-state index contributed by atoms with van der Waals surface area (Å²) < 4.78 is 11.5. The van der Waals surface area contributed by atoms with Gasteiger partial charge in [-0.25, -0.2) is 0 Å². The van der Waals surface area contributed by atoms with Crippen molar-refractivity contribution in [2.45, 2.75) is 33.7 Å². The molecule has 0 aromatic heterocycles. The molecule has 2 rings (SSSR count). The van der Waals surface area contributed by atoms with Crippen LogP contribution < -0.4 is 9.47 Å². The van der Waals surface area contributed by atoms with Crippen LogP contribution in [0.4, 0.5) is 0 Å². The first-order chi connectivity index (χ1) is 9.60. The van der Waals surface area contributed by atoms with E-state index >= 15 is 0 Å². The van der Waals surface area contributed by atoms with Crippen molar-refractivity contribution in [3.05, 3.63) is 23.3 Å². The molecular formula is C16H23NO3. The minimum atomic E-state index is 0.460. The Labute approximate surface area is 120 Å². The van der Waals surface area contributed by atoms with Gasteiger partial charge in [-0.1, -0.05) is 19.9 Å². The Kier molecular flexibility index (Phi) is 4.88. The van der Waals surface area contributed by atoms with E-state index in [4.69, 9.17) is 9.47 Å². The SMILES string of the molecule is Cc1cc(CN(C=O)CC(C)C)cc2c1OCCCO2. The van der Waals surface area contributed by atoms with Crippen LogP contribution in [-0.2, 0) is 11.3 Å². The zero-order chi connectivity index (χ0) is 14.5. The standard InChI is InChI=1S/C16H23NO3/c1-12(2)9-17(11-18)10-14-7-13(3)16-15(8-14)19-5-4-6-20-16/h7-8,11-12H,4-6,9-10H2,1-3H3. The number of amides is 1. The molecule has 0 atom stereocenters. The number of fused-ring (bicyclic) bond motifs is 1. The van der Waals surface area contributed by atoms with Crippen LogP contribution in [0.25, 0.3) is 0 Å². The largest absolute Gasteiger partial charge is 0.490 e. The highest BCUT2D eigenvalue weighted by Gasteiger charge is 2.15. The van der Waals surface area contributed by atoms with E-state index in [1.165, 1.54) is 0 Å². The fourth-order valence-corrected chi connectivity index (χ4v) is 2.46. The summed E-state index contributed by atoms with van der Waals surface area (Å²) in [5, 5.41) is 0. The topological polar surface area (TPSA) is 38.8 Å². The molecule has 1 aliphatic rings. The van der Waals surface area contributed by atoms with Gasteiger partial charge in [0.1, 0.15) is 0 Å². The summed E-state index contributed by atoms with van der Waals surface area (Å²) in [5.74, 6) is 2.10. The molecule has 0 saturated heterocycles. The smallest absolute Gasteiger partial charge is 0.210 e. The Balaban J connectivity index is 2.18. The average molecular weight is 277 g/mol. The Bertz CT molecular complexity index is 471. The summed E-state index contributed by atoms with van der Waals surface area (Å²) in [4.78, 5) is 12.9. The normalized spacial score (nSPS) is 14.0. The van der Waals surface area contributed by atoms with Gasteiger partial charge in [0, 0.05) is 19.5 Å². The van der Waals surface area contributed by atoms with Gasteiger partial charge in [-0.3, -0.25) is 4.79 Å². The third-order valence-corrected chi connectivity index (χ3v) is 3.23. The highest BCUT2D eigenvalue weighted by Crippen LogP contribution is 2.34. The molecular weight excluding hydrogens is 254 g/mol. The van der Waals surface area contributed by atoms with E-state index < -0.39 is 0 Å². The molecule has 0 N–H and O–H groups in total. The van der Waals surface area contributed by atoms with Gasteiger partial charge in [0.15, 0.2) is 11.5 Å². The Morgan fingerprint density at radius 3 is 2.75 bits per heavy atom. The monoisotopic (exact) mass is 277 g/mol. The lowest BCUT2D eigenvalue weighted by molar-refractivity contribution is -0.119. The van der Waals surface area contributed by atoms with Gasteiger partial charge in [0.25, 0.3) is 0 Å². The molecule has 1 aliphatic heterocycles. The van der Waals surface area contributed by atoms with Crippen molar-refractivity contribution in [2.24, 2.45) is 5.92 Å². The molecule has 110 valence electrons. The molecule has 4 heteroatoms. The number of ether oxygens (including phenoxy) is 2. The van der Waals surface area contributed by atoms with Crippen LogP contribution >= 0.6 is 0 Å². The van der Waals surface area contributed by atoms with Crippen molar-refractivity contribution in [1.29, 1.82) is 0 Å². The van der Waals surface area contributed by atoms with E-state index in [0.717, 1.165) is 42.0 Å². The summed E-state index contributed by atoms with van der Waals surface area (Å²) in [6.45, 7) is 8.98. The van der Waals surface area contributed by atoms with E-state index in [9.17, 15) is 4.79 Å². The van der Waals surface area contributed by atoms with Crippen LogP contribution in [0.15, 0.2) is 12.1 Å². The number of hydrogen-bond acceptors (Lipinski definition) is 3. The van der Waals surface area contributed by atoms with Gasteiger partial charge >= 0.3 is 0 Å². The first-order valence-electron chi connectivity index (χ1n) is 7.18. The van der Waals surface area contributed by atoms with Crippen LogP contribution in [-0.4, -0.2) is 31.1 Å². The van der Waals surface area contributed by atoms with E-state index in [1.807, 2.05) is 13.0 Å². The number of carbonyl (C=O) groups is 1. The molecule has 4 nitrogen and oxygen atoms in total. The maximum absolute atomic E-state index is 11.1. The fourth-order valence-electron chi connectivity index (χ4n) is 2.46. The van der Waals surface area contributed by atoms with E-state index in [0.29, 0.717) is 25.7 Å². The van der Waals surface area contributed by atoms with E-state index in [2.05, 4.69) is 19.9 Å². The lowest BCUT2D eigenvalue weighted by Crippen LogP contribution is -2.25. The van der Waals surface area contributed by atoms with Crippen LogP contribution in [0.5, 0.6) is 11.5 Å². The number of carbonyl (C=O) groups excluding carboxylic acids is 1. The van der Waals surface area contributed by atoms with E-state index in [-0.39, 0.29) is 0 Å². The van der Waals surface area contributed by atoms with Gasteiger partial charge < -0.3 is 14.4 Å².